The SMILES string of the molecule is CCCCN1CC(O)C(O)[C@H](O)C1C(=O)O. The number of carboxylic acid groups (broad SMARTS) is 1. The summed E-state index contributed by atoms with van der Waals surface area (Å²) in [6.45, 7) is 2.55. The summed E-state index contributed by atoms with van der Waals surface area (Å²) in [5.41, 5.74) is 0. The van der Waals surface area contributed by atoms with Crippen LogP contribution in [0.15, 0.2) is 0 Å². The zero-order valence-corrected chi connectivity index (χ0v) is 9.28. The molecule has 0 aromatic heterocycles. The minimum Gasteiger partial charge on any atom is -0.480 e. The number of aliphatic carboxylic acids is 1. The molecule has 0 aromatic rings. The molecule has 1 fully saturated rings. The summed E-state index contributed by atoms with van der Waals surface area (Å²) >= 11 is 0. The number of hydrogen-bond acceptors (Lipinski definition) is 5. The van der Waals surface area contributed by atoms with Crippen molar-refractivity contribution in [2.45, 2.75) is 44.1 Å². The van der Waals surface area contributed by atoms with Gasteiger partial charge in [0.1, 0.15) is 18.2 Å². The molecule has 1 rings (SSSR count). The van der Waals surface area contributed by atoms with Gasteiger partial charge in [-0.25, -0.2) is 0 Å². The van der Waals surface area contributed by atoms with Crippen molar-refractivity contribution in [3.63, 3.8) is 0 Å². The van der Waals surface area contributed by atoms with Crippen LogP contribution in [-0.4, -0.2) is 68.7 Å². The van der Waals surface area contributed by atoms with E-state index in [1.807, 2.05) is 6.92 Å². The molecule has 0 aromatic carbocycles. The first kappa shape index (κ1) is 13.4. The van der Waals surface area contributed by atoms with Gasteiger partial charge in [-0.15, -0.1) is 0 Å². The van der Waals surface area contributed by atoms with Crippen LogP contribution in [0.3, 0.4) is 0 Å². The molecule has 1 aliphatic heterocycles. The fraction of sp³-hybridized carbons (Fsp3) is 0.900. The highest BCUT2D eigenvalue weighted by atomic mass is 16.4. The molecule has 0 amide bonds. The van der Waals surface area contributed by atoms with Crippen molar-refractivity contribution in [2.24, 2.45) is 0 Å². The maximum atomic E-state index is 11.0. The van der Waals surface area contributed by atoms with Crippen LogP contribution in [0.2, 0.25) is 0 Å². The maximum absolute atomic E-state index is 11.0. The smallest absolute Gasteiger partial charge is 0.323 e. The Hall–Kier alpha value is -0.690. The minimum atomic E-state index is -1.45. The van der Waals surface area contributed by atoms with E-state index in [1.54, 1.807) is 0 Å². The third kappa shape index (κ3) is 2.70. The Bertz CT molecular complexity index is 247. The molecule has 0 spiro atoms. The molecule has 4 N–H and O–H groups in total. The van der Waals surface area contributed by atoms with Crippen LogP contribution >= 0.6 is 0 Å². The van der Waals surface area contributed by atoms with E-state index >= 15 is 0 Å². The summed E-state index contributed by atoms with van der Waals surface area (Å²) in [5.74, 6) is -1.17. The predicted molar refractivity (Wildman–Crippen MR) is 55.9 cm³/mol. The van der Waals surface area contributed by atoms with Crippen LogP contribution < -0.4 is 0 Å². The highest BCUT2D eigenvalue weighted by Crippen LogP contribution is 2.19. The Balaban J connectivity index is 2.75. The molecule has 0 saturated carbocycles. The van der Waals surface area contributed by atoms with E-state index in [0.29, 0.717) is 6.54 Å². The Morgan fingerprint density at radius 2 is 1.94 bits per heavy atom. The van der Waals surface area contributed by atoms with Crippen molar-refractivity contribution in [2.75, 3.05) is 13.1 Å². The average Bonchev–Trinajstić information content (AvgIpc) is 2.22. The van der Waals surface area contributed by atoms with E-state index in [4.69, 9.17) is 5.11 Å². The van der Waals surface area contributed by atoms with Gasteiger partial charge in [0.25, 0.3) is 0 Å². The van der Waals surface area contributed by atoms with Crippen LogP contribution in [0, 0.1) is 0 Å². The highest BCUT2D eigenvalue weighted by molar-refractivity contribution is 5.74. The Kier molecular flexibility index (Phi) is 4.67. The second-order valence-corrected chi connectivity index (χ2v) is 4.18. The molecule has 4 atom stereocenters. The standard InChI is InChI=1S/C10H19NO5/c1-2-3-4-11-5-6(12)8(13)9(14)7(11)10(15)16/h6-9,12-14H,2-5H2,1H3,(H,15,16)/t6?,7?,8?,9-/m1/s1. The van der Waals surface area contributed by atoms with E-state index in [0.717, 1.165) is 12.8 Å². The molecule has 0 radical (unpaired) electrons. The molecule has 0 aliphatic carbocycles. The second-order valence-electron chi connectivity index (χ2n) is 4.18. The predicted octanol–water partition coefficient (Wildman–Crippen LogP) is -1.36. The number of aliphatic hydroxyl groups is 3. The van der Waals surface area contributed by atoms with Gasteiger partial charge in [-0.05, 0) is 13.0 Å². The lowest BCUT2D eigenvalue weighted by atomic mass is 9.93. The largest absolute Gasteiger partial charge is 0.480 e. The molecule has 94 valence electrons. The van der Waals surface area contributed by atoms with Crippen LogP contribution in [0.5, 0.6) is 0 Å². The zero-order chi connectivity index (χ0) is 12.3. The molecule has 3 unspecified atom stereocenters. The minimum absolute atomic E-state index is 0.0786. The number of carboxylic acids is 1. The fourth-order valence-corrected chi connectivity index (χ4v) is 1.99. The zero-order valence-electron chi connectivity index (χ0n) is 9.28. The van der Waals surface area contributed by atoms with E-state index in [-0.39, 0.29) is 6.54 Å². The number of piperidine rings is 1. The molecular formula is C10H19NO5. The van der Waals surface area contributed by atoms with Gasteiger partial charge >= 0.3 is 5.97 Å². The first-order valence-corrected chi connectivity index (χ1v) is 5.50. The number of carbonyl (C=O) groups is 1. The number of β-amino-alcohol motifs (C(OH)–C–C–N with tert-alkyl or cyclic N) is 1. The van der Waals surface area contributed by atoms with Gasteiger partial charge in [0, 0.05) is 6.54 Å². The van der Waals surface area contributed by atoms with Gasteiger partial charge in [-0.3, -0.25) is 9.69 Å². The highest BCUT2D eigenvalue weighted by Gasteiger charge is 2.44. The second kappa shape index (κ2) is 5.58. The quantitative estimate of drug-likeness (QED) is 0.478. The van der Waals surface area contributed by atoms with Crippen molar-refractivity contribution < 1.29 is 25.2 Å². The van der Waals surface area contributed by atoms with E-state index in [9.17, 15) is 20.1 Å². The number of unbranched alkanes of at least 4 members (excludes halogenated alkanes) is 1. The lowest BCUT2D eigenvalue weighted by Crippen LogP contribution is -2.63. The summed E-state index contributed by atoms with van der Waals surface area (Å²) in [6.07, 6.45) is -2.24. The number of aliphatic hydroxyl groups excluding tert-OH is 3. The molecule has 16 heavy (non-hydrogen) atoms. The lowest BCUT2D eigenvalue weighted by molar-refractivity contribution is -0.170. The number of likely N-dealkylation sites (tertiary alicyclic amines) is 1. The average molecular weight is 233 g/mol. The number of hydrogen-bond donors (Lipinski definition) is 4. The molecular weight excluding hydrogens is 214 g/mol. The Labute approximate surface area is 94.1 Å². The van der Waals surface area contributed by atoms with Gasteiger partial charge in [0.15, 0.2) is 0 Å². The van der Waals surface area contributed by atoms with Gasteiger partial charge in [0.05, 0.1) is 6.10 Å². The van der Waals surface area contributed by atoms with Gasteiger partial charge in [-0.2, -0.15) is 0 Å². The molecule has 0 bridgehead atoms. The van der Waals surface area contributed by atoms with Gasteiger partial charge in [0.2, 0.25) is 0 Å². The lowest BCUT2D eigenvalue weighted by Gasteiger charge is -2.41. The van der Waals surface area contributed by atoms with Crippen LogP contribution in [0.25, 0.3) is 0 Å². The summed E-state index contributed by atoms with van der Waals surface area (Å²) in [6, 6.07) is -1.13. The van der Waals surface area contributed by atoms with Crippen molar-refractivity contribution >= 4 is 5.97 Å². The third-order valence-electron chi connectivity index (χ3n) is 2.93. The van der Waals surface area contributed by atoms with Crippen molar-refractivity contribution in [3.05, 3.63) is 0 Å². The van der Waals surface area contributed by atoms with E-state index < -0.39 is 30.3 Å². The van der Waals surface area contributed by atoms with E-state index in [2.05, 4.69) is 0 Å². The molecule has 6 nitrogen and oxygen atoms in total. The normalized spacial score (nSPS) is 36.2. The molecule has 1 heterocycles. The van der Waals surface area contributed by atoms with Crippen LogP contribution in [0.1, 0.15) is 19.8 Å². The van der Waals surface area contributed by atoms with Gasteiger partial charge in [-0.1, -0.05) is 13.3 Å². The Morgan fingerprint density at radius 3 is 2.44 bits per heavy atom. The maximum Gasteiger partial charge on any atom is 0.323 e. The van der Waals surface area contributed by atoms with Crippen molar-refractivity contribution in [3.8, 4) is 0 Å². The van der Waals surface area contributed by atoms with Crippen LogP contribution in [-0.2, 0) is 4.79 Å². The third-order valence-corrected chi connectivity index (χ3v) is 2.93. The van der Waals surface area contributed by atoms with Crippen LogP contribution in [0.4, 0.5) is 0 Å². The summed E-state index contributed by atoms with van der Waals surface area (Å²) < 4.78 is 0. The summed E-state index contributed by atoms with van der Waals surface area (Å²) in [4.78, 5) is 12.5. The first-order chi connectivity index (χ1) is 7.49. The molecule has 6 heteroatoms. The van der Waals surface area contributed by atoms with Crippen molar-refractivity contribution in [1.29, 1.82) is 0 Å². The monoisotopic (exact) mass is 233 g/mol. The summed E-state index contributed by atoms with van der Waals surface area (Å²) in [5, 5.41) is 37.5. The van der Waals surface area contributed by atoms with Gasteiger partial charge < -0.3 is 20.4 Å². The van der Waals surface area contributed by atoms with Crippen molar-refractivity contribution in [1.82, 2.24) is 4.90 Å². The number of nitrogens with zero attached hydrogens (tertiary/aromatic N) is 1. The van der Waals surface area contributed by atoms with E-state index in [1.165, 1.54) is 4.90 Å². The summed E-state index contributed by atoms with van der Waals surface area (Å²) in [7, 11) is 0. The molecule has 1 saturated heterocycles. The topological polar surface area (TPSA) is 101 Å². The first-order valence-electron chi connectivity index (χ1n) is 5.50. The Morgan fingerprint density at radius 1 is 1.31 bits per heavy atom. The molecule has 1 aliphatic rings. The number of rotatable bonds is 4. The fourth-order valence-electron chi connectivity index (χ4n) is 1.99.